The molecule has 6 nitrogen and oxygen atoms in total. The maximum Gasteiger partial charge on any atom is 0.306 e. The van der Waals surface area contributed by atoms with Crippen molar-refractivity contribution in [2.75, 3.05) is 13.2 Å². The molecule has 72 heavy (non-hydrogen) atoms. The molecule has 0 aromatic rings. The standard InChI is InChI=1S/C66H108O6/c1-4-7-10-13-16-19-22-24-26-28-30-32-33-35-36-38-40-42-44-47-50-53-56-59-65(68)71-62-63(61-70-64(67)58-55-52-49-46-21-18-15-12-9-6-3)72-66(69)60-57-54-51-48-45-43-41-39-37-34-31-29-27-25-23-20-17-14-11-8-5-2/h7-8,10-11,16-17,19-20,24-27,30-32,34-36,40,42,63H,4-6,9,12-15,18,21-23,28-29,33,37-39,41,43-62H2,1-3H3/b10-7-,11-8-,19-16-,20-17-,26-24-,27-25-,32-30-,34-31-,36-35-,42-40-. The van der Waals surface area contributed by atoms with Crippen molar-refractivity contribution in [3.05, 3.63) is 122 Å². The molecule has 408 valence electrons. The molecular weight excluding hydrogens is 889 g/mol. The molecule has 6 heteroatoms. The van der Waals surface area contributed by atoms with Gasteiger partial charge in [0.05, 0.1) is 0 Å². The quantitative estimate of drug-likeness (QED) is 0.0261. The van der Waals surface area contributed by atoms with Gasteiger partial charge in [-0.25, -0.2) is 0 Å². The number of rotatable bonds is 52. The molecule has 1 atom stereocenters. The number of allylic oxidation sites excluding steroid dienone is 20. The Morgan fingerprint density at radius 2 is 0.542 bits per heavy atom. The van der Waals surface area contributed by atoms with Crippen LogP contribution >= 0.6 is 0 Å². The molecule has 0 saturated heterocycles. The number of hydrogen-bond donors (Lipinski definition) is 0. The highest BCUT2D eigenvalue weighted by Gasteiger charge is 2.19. The molecule has 0 aliphatic rings. The van der Waals surface area contributed by atoms with E-state index in [-0.39, 0.29) is 31.1 Å². The highest BCUT2D eigenvalue weighted by Crippen LogP contribution is 2.15. The van der Waals surface area contributed by atoms with Gasteiger partial charge in [0.25, 0.3) is 0 Å². The third-order valence-corrected chi connectivity index (χ3v) is 12.2. The molecular formula is C66H108O6. The van der Waals surface area contributed by atoms with Crippen LogP contribution < -0.4 is 0 Å². The highest BCUT2D eigenvalue weighted by atomic mass is 16.6. The monoisotopic (exact) mass is 997 g/mol. The summed E-state index contributed by atoms with van der Waals surface area (Å²) in [7, 11) is 0. The van der Waals surface area contributed by atoms with Crippen LogP contribution in [0, 0.1) is 0 Å². The summed E-state index contributed by atoms with van der Waals surface area (Å²) in [6, 6.07) is 0. The Morgan fingerprint density at radius 3 is 0.847 bits per heavy atom. The van der Waals surface area contributed by atoms with Crippen LogP contribution in [0.25, 0.3) is 0 Å². The largest absolute Gasteiger partial charge is 0.462 e. The van der Waals surface area contributed by atoms with Crippen molar-refractivity contribution in [1.29, 1.82) is 0 Å². The Bertz CT molecular complexity index is 1520. The summed E-state index contributed by atoms with van der Waals surface area (Å²) in [4.78, 5) is 38.1. The Hall–Kier alpha value is -4.19. The first-order chi connectivity index (χ1) is 35.5. The van der Waals surface area contributed by atoms with Crippen molar-refractivity contribution in [2.24, 2.45) is 0 Å². The lowest BCUT2D eigenvalue weighted by Gasteiger charge is -2.18. The van der Waals surface area contributed by atoms with Crippen LogP contribution in [-0.2, 0) is 28.6 Å². The molecule has 0 aromatic carbocycles. The SMILES string of the molecule is CC/C=C\C/C=C\C/C=C\C/C=C\C/C=C\C/C=C\CCCCCCC(=O)OCC(COC(=O)CCCCCCCCCCCC)OC(=O)CCCCCCCCCC/C=C\C/C=C\C/C=C\C/C=C\CC. The van der Waals surface area contributed by atoms with E-state index >= 15 is 0 Å². The first-order valence-electron chi connectivity index (χ1n) is 29.5. The number of carbonyl (C=O) groups excluding carboxylic acids is 3. The van der Waals surface area contributed by atoms with Gasteiger partial charge in [-0.1, -0.05) is 251 Å². The van der Waals surface area contributed by atoms with Gasteiger partial charge >= 0.3 is 17.9 Å². The summed E-state index contributed by atoms with van der Waals surface area (Å²) in [5.41, 5.74) is 0. The highest BCUT2D eigenvalue weighted by molar-refractivity contribution is 5.71. The van der Waals surface area contributed by atoms with Gasteiger partial charge < -0.3 is 14.2 Å². The third kappa shape index (κ3) is 56.7. The molecule has 0 amide bonds. The van der Waals surface area contributed by atoms with E-state index in [1.165, 1.54) is 77.0 Å². The molecule has 0 fully saturated rings. The summed E-state index contributed by atoms with van der Waals surface area (Å²) in [6.07, 6.45) is 81.9. The second-order valence-electron chi connectivity index (χ2n) is 19.1. The zero-order valence-corrected chi connectivity index (χ0v) is 46.7. The lowest BCUT2D eigenvalue weighted by molar-refractivity contribution is -0.167. The smallest absolute Gasteiger partial charge is 0.306 e. The van der Waals surface area contributed by atoms with Crippen LogP contribution in [0.15, 0.2) is 122 Å². The summed E-state index contributed by atoms with van der Waals surface area (Å²) >= 11 is 0. The van der Waals surface area contributed by atoms with Crippen molar-refractivity contribution in [3.63, 3.8) is 0 Å². The topological polar surface area (TPSA) is 78.9 Å². The van der Waals surface area contributed by atoms with Gasteiger partial charge in [0.2, 0.25) is 0 Å². The van der Waals surface area contributed by atoms with Gasteiger partial charge in [-0.2, -0.15) is 0 Å². The molecule has 1 unspecified atom stereocenters. The molecule has 0 rings (SSSR count). The van der Waals surface area contributed by atoms with Crippen LogP contribution in [-0.4, -0.2) is 37.2 Å². The molecule has 0 aromatic heterocycles. The fourth-order valence-electron chi connectivity index (χ4n) is 7.85. The summed E-state index contributed by atoms with van der Waals surface area (Å²) in [5.74, 6) is -0.926. The van der Waals surface area contributed by atoms with Crippen molar-refractivity contribution >= 4 is 17.9 Å². The summed E-state index contributed by atoms with van der Waals surface area (Å²) in [5, 5.41) is 0. The van der Waals surface area contributed by atoms with E-state index in [0.717, 1.165) is 141 Å². The summed E-state index contributed by atoms with van der Waals surface area (Å²) in [6.45, 7) is 6.37. The van der Waals surface area contributed by atoms with Gasteiger partial charge in [-0.15, -0.1) is 0 Å². The Morgan fingerprint density at radius 1 is 0.292 bits per heavy atom. The molecule has 0 bridgehead atoms. The van der Waals surface area contributed by atoms with Gasteiger partial charge in [0.1, 0.15) is 13.2 Å². The number of esters is 3. The van der Waals surface area contributed by atoms with E-state index < -0.39 is 6.10 Å². The van der Waals surface area contributed by atoms with E-state index in [1.54, 1.807) is 0 Å². The molecule has 0 saturated carbocycles. The first kappa shape index (κ1) is 67.8. The minimum atomic E-state index is -0.795. The molecule has 0 spiro atoms. The van der Waals surface area contributed by atoms with Crippen molar-refractivity contribution < 1.29 is 28.6 Å². The maximum absolute atomic E-state index is 12.9. The van der Waals surface area contributed by atoms with E-state index in [4.69, 9.17) is 14.2 Å². The van der Waals surface area contributed by atoms with Gasteiger partial charge in [0, 0.05) is 19.3 Å². The fourth-order valence-corrected chi connectivity index (χ4v) is 7.85. The summed E-state index contributed by atoms with van der Waals surface area (Å²) < 4.78 is 16.8. The normalized spacial score (nSPS) is 13.0. The van der Waals surface area contributed by atoms with Gasteiger partial charge in [-0.3, -0.25) is 14.4 Å². The molecule has 0 aliphatic heterocycles. The lowest BCUT2D eigenvalue weighted by atomic mass is 10.1. The second kappa shape index (κ2) is 59.4. The molecule has 0 N–H and O–H groups in total. The van der Waals surface area contributed by atoms with Crippen molar-refractivity contribution in [2.45, 2.75) is 264 Å². The van der Waals surface area contributed by atoms with Crippen LogP contribution in [0.4, 0.5) is 0 Å². The zero-order chi connectivity index (χ0) is 52.2. The average molecular weight is 998 g/mol. The van der Waals surface area contributed by atoms with E-state index in [2.05, 4.69) is 142 Å². The first-order valence-corrected chi connectivity index (χ1v) is 29.5. The van der Waals surface area contributed by atoms with Gasteiger partial charge in [0.15, 0.2) is 6.10 Å². The Labute approximate surface area is 443 Å². The lowest BCUT2D eigenvalue weighted by Crippen LogP contribution is -2.30. The minimum Gasteiger partial charge on any atom is -0.462 e. The van der Waals surface area contributed by atoms with Crippen molar-refractivity contribution in [1.82, 2.24) is 0 Å². The second-order valence-corrected chi connectivity index (χ2v) is 19.1. The zero-order valence-electron chi connectivity index (χ0n) is 46.7. The van der Waals surface area contributed by atoms with E-state index in [1.807, 2.05) is 0 Å². The molecule has 0 radical (unpaired) electrons. The number of ether oxygens (including phenoxy) is 3. The molecule has 0 aliphatic carbocycles. The number of carbonyl (C=O) groups is 3. The average Bonchev–Trinajstić information content (AvgIpc) is 3.38. The Kier molecular flexibility index (Phi) is 55.9. The molecule has 0 heterocycles. The maximum atomic E-state index is 12.9. The van der Waals surface area contributed by atoms with Gasteiger partial charge in [-0.05, 0) is 109 Å². The van der Waals surface area contributed by atoms with Crippen LogP contribution in [0.2, 0.25) is 0 Å². The predicted molar refractivity (Wildman–Crippen MR) is 311 cm³/mol. The number of hydrogen-bond acceptors (Lipinski definition) is 6. The third-order valence-electron chi connectivity index (χ3n) is 12.2. The Balaban J connectivity index is 4.38. The fraction of sp³-hybridized carbons (Fsp3) is 0.652. The van der Waals surface area contributed by atoms with Crippen LogP contribution in [0.5, 0.6) is 0 Å². The van der Waals surface area contributed by atoms with Crippen LogP contribution in [0.3, 0.4) is 0 Å². The minimum absolute atomic E-state index is 0.0908. The number of unbranched alkanes of at least 4 members (excludes halogenated alkanes) is 21. The predicted octanol–water partition coefficient (Wildman–Crippen LogP) is 20.0. The van der Waals surface area contributed by atoms with Crippen LogP contribution in [0.1, 0.15) is 258 Å². The van der Waals surface area contributed by atoms with E-state index in [0.29, 0.717) is 19.3 Å². The van der Waals surface area contributed by atoms with E-state index in [9.17, 15) is 14.4 Å². The van der Waals surface area contributed by atoms with Crippen molar-refractivity contribution in [3.8, 4) is 0 Å².